The maximum absolute atomic E-state index is 14.3. The molecule has 4 heteroatoms. The lowest BCUT2D eigenvalue weighted by molar-refractivity contribution is -0.129. The molecule has 0 bridgehead atoms. The van der Waals surface area contributed by atoms with E-state index in [9.17, 15) is 9.59 Å². The molecule has 0 spiro atoms. The van der Waals surface area contributed by atoms with Gasteiger partial charge in [-0.15, -0.1) is 0 Å². The highest BCUT2D eigenvalue weighted by Gasteiger charge is 2.44. The van der Waals surface area contributed by atoms with Crippen LogP contribution in [0.15, 0.2) is 121 Å². The summed E-state index contributed by atoms with van der Waals surface area (Å²) in [5.74, 6) is -0.806. The SMILES string of the molecule is NC(=O)[C@@H](CCCc1ccccc1)NC(=O)C(c1ccccc1)(c1ccccc1)c1ccccc1. The number of nitrogens with two attached hydrogens (primary N) is 1. The predicted molar refractivity (Wildman–Crippen MR) is 140 cm³/mol. The lowest BCUT2D eigenvalue weighted by atomic mass is 9.68. The Bertz CT molecular complexity index is 1130. The molecule has 0 aliphatic heterocycles. The van der Waals surface area contributed by atoms with Gasteiger partial charge in [0.2, 0.25) is 11.8 Å². The van der Waals surface area contributed by atoms with Gasteiger partial charge in [-0.2, -0.15) is 0 Å². The third-order valence-corrected chi connectivity index (χ3v) is 6.41. The Balaban J connectivity index is 1.71. The fourth-order valence-corrected chi connectivity index (χ4v) is 4.66. The zero-order valence-corrected chi connectivity index (χ0v) is 19.6. The van der Waals surface area contributed by atoms with Crippen LogP contribution in [0.1, 0.15) is 35.1 Å². The molecular weight excluding hydrogens is 432 g/mol. The van der Waals surface area contributed by atoms with Gasteiger partial charge in [0, 0.05) is 0 Å². The molecule has 176 valence electrons. The number of carbonyl (C=O) groups is 2. The molecule has 3 N–H and O–H groups in total. The fourth-order valence-electron chi connectivity index (χ4n) is 4.66. The first-order valence-corrected chi connectivity index (χ1v) is 11.9. The summed E-state index contributed by atoms with van der Waals surface area (Å²) >= 11 is 0. The summed E-state index contributed by atoms with van der Waals surface area (Å²) in [5, 5.41) is 3.03. The monoisotopic (exact) mass is 462 g/mol. The molecule has 0 unspecified atom stereocenters. The van der Waals surface area contributed by atoms with Crippen molar-refractivity contribution in [2.24, 2.45) is 5.73 Å². The largest absolute Gasteiger partial charge is 0.368 e. The van der Waals surface area contributed by atoms with Crippen molar-refractivity contribution in [3.8, 4) is 0 Å². The first-order valence-electron chi connectivity index (χ1n) is 11.9. The predicted octanol–water partition coefficient (Wildman–Crippen LogP) is 5.01. The second-order valence-corrected chi connectivity index (χ2v) is 8.65. The van der Waals surface area contributed by atoms with Crippen LogP contribution in [0.5, 0.6) is 0 Å². The summed E-state index contributed by atoms with van der Waals surface area (Å²) in [5.41, 5.74) is 8.28. The second kappa shape index (κ2) is 11.3. The third kappa shape index (κ3) is 5.33. The van der Waals surface area contributed by atoms with Gasteiger partial charge in [0.15, 0.2) is 0 Å². The average Bonchev–Trinajstić information content (AvgIpc) is 2.91. The summed E-state index contributed by atoms with van der Waals surface area (Å²) in [4.78, 5) is 26.7. The molecule has 1 atom stereocenters. The van der Waals surface area contributed by atoms with Gasteiger partial charge in [-0.1, -0.05) is 121 Å². The number of carbonyl (C=O) groups excluding carboxylic acids is 2. The van der Waals surface area contributed by atoms with E-state index in [0.717, 1.165) is 29.5 Å². The number of hydrogen-bond acceptors (Lipinski definition) is 2. The van der Waals surface area contributed by atoms with E-state index in [1.165, 1.54) is 5.56 Å². The Morgan fingerprint density at radius 3 is 1.46 bits per heavy atom. The highest BCUT2D eigenvalue weighted by Crippen LogP contribution is 2.39. The van der Waals surface area contributed by atoms with Crippen molar-refractivity contribution in [3.63, 3.8) is 0 Å². The van der Waals surface area contributed by atoms with Crippen molar-refractivity contribution in [1.29, 1.82) is 0 Å². The molecule has 0 aliphatic rings. The summed E-state index contributed by atoms with van der Waals surface area (Å²) in [6.07, 6.45) is 2.00. The summed E-state index contributed by atoms with van der Waals surface area (Å²) < 4.78 is 0. The molecular formula is C31H30N2O2. The van der Waals surface area contributed by atoms with Crippen LogP contribution in [0.2, 0.25) is 0 Å². The van der Waals surface area contributed by atoms with Crippen LogP contribution in [0, 0.1) is 0 Å². The van der Waals surface area contributed by atoms with E-state index < -0.39 is 17.4 Å². The highest BCUT2D eigenvalue weighted by atomic mass is 16.2. The van der Waals surface area contributed by atoms with Crippen molar-refractivity contribution < 1.29 is 9.59 Å². The Morgan fingerprint density at radius 2 is 1.06 bits per heavy atom. The number of aryl methyl sites for hydroxylation is 1. The first kappa shape index (κ1) is 24.0. The minimum absolute atomic E-state index is 0.274. The van der Waals surface area contributed by atoms with Crippen LogP contribution >= 0.6 is 0 Å². The highest BCUT2D eigenvalue weighted by molar-refractivity contribution is 5.98. The molecule has 4 nitrogen and oxygen atoms in total. The van der Waals surface area contributed by atoms with E-state index in [0.29, 0.717) is 6.42 Å². The molecule has 0 aromatic heterocycles. The van der Waals surface area contributed by atoms with Gasteiger partial charge in [0.25, 0.3) is 0 Å². The zero-order chi connectivity index (χ0) is 24.5. The van der Waals surface area contributed by atoms with Crippen LogP contribution in [-0.4, -0.2) is 17.9 Å². The zero-order valence-electron chi connectivity index (χ0n) is 19.6. The van der Waals surface area contributed by atoms with Gasteiger partial charge in [-0.05, 0) is 41.5 Å². The van der Waals surface area contributed by atoms with Crippen molar-refractivity contribution >= 4 is 11.8 Å². The van der Waals surface area contributed by atoms with E-state index in [4.69, 9.17) is 5.73 Å². The van der Waals surface area contributed by atoms with Gasteiger partial charge in [-0.25, -0.2) is 0 Å². The van der Waals surface area contributed by atoms with Crippen molar-refractivity contribution in [1.82, 2.24) is 5.32 Å². The molecule has 0 saturated carbocycles. The maximum Gasteiger partial charge on any atom is 0.240 e. The molecule has 4 rings (SSSR count). The van der Waals surface area contributed by atoms with E-state index in [1.54, 1.807) is 0 Å². The smallest absolute Gasteiger partial charge is 0.240 e. The molecule has 0 aliphatic carbocycles. The minimum atomic E-state index is -1.14. The molecule has 4 aromatic rings. The minimum Gasteiger partial charge on any atom is -0.368 e. The number of amides is 2. The number of rotatable bonds is 10. The van der Waals surface area contributed by atoms with Crippen molar-refractivity contribution in [3.05, 3.63) is 144 Å². The number of hydrogen-bond donors (Lipinski definition) is 2. The van der Waals surface area contributed by atoms with Crippen LogP contribution in [0.4, 0.5) is 0 Å². The third-order valence-electron chi connectivity index (χ3n) is 6.41. The molecule has 2 amide bonds. The topological polar surface area (TPSA) is 72.2 Å². The fraction of sp³-hybridized carbons (Fsp3) is 0.161. The Kier molecular flexibility index (Phi) is 7.74. The van der Waals surface area contributed by atoms with Crippen LogP contribution in [-0.2, 0) is 21.4 Å². The first-order chi connectivity index (χ1) is 17.1. The van der Waals surface area contributed by atoms with E-state index >= 15 is 0 Å². The number of benzene rings is 4. The quantitative estimate of drug-likeness (QED) is 0.325. The summed E-state index contributed by atoms with van der Waals surface area (Å²) in [7, 11) is 0. The van der Waals surface area contributed by atoms with Gasteiger partial charge in [0.05, 0.1) is 0 Å². The van der Waals surface area contributed by atoms with Crippen LogP contribution in [0.3, 0.4) is 0 Å². The van der Waals surface area contributed by atoms with Gasteiger partial charge < -0.3 is 11.1 Å². The van der Waals surface area contributed by atoms with Gasteiger partial charge >= 0.3 is 0 Å². The van der Waals surface area contributed by atoms with Crippen molar-refractivity contribution in [2.45, 2.75) is 30.7 Å². The molecule has 35 heavy (non-hydrogen) atoms. The van der Waals surface area contributed by atoms with E-state index in [2.05, 4.69) is 17.4 Å². The van der Waals surface area contributed by atoms with Gasteiger partial charge in [-0.3, -0.25) is 9.59 Å². The molecule has 0 radical (unpaired) electrons. The van der Waals surface area contributed by atoms with Gasteiger partial charge in [0.1, 0.15) is 11.5 Å². The maximum atomic E-state index is 14.3. The normalized spacial score (nSPS) is 12.0. The molecule has 0 fully saturated rings. The van der Waals surface area contributed by atoms with Crippen LogP contribution < -0.4 is 11.1 Å². The van der Waals surface area contributed by atoms with Crippen LogP contribution in [0.25, 0.3) is 0 Å². The second-order valence-electron chi connectivity index (χ2n) is 8.65. The van der Waals surface area contributed by atoms with Crippen molar-refractivity contribution in [2.75, 3.05) is 0 Å². The molecule has 4 aromatic carbocycles. The lowest BCUT2D eigenvalue weighted by Gasteiger charge is -2.35. The standard InChI is InChI=1S/C31H30N2O2/c32-29(34)28(23-13-16-24-14-5-1-6-15-24)33-30(35)31(25-17-7-2-8-18-25,26-19-9-3-10-20-26)27-21-11-4-12-22-27/h1-12,14-15,17-22,28H,13,16,23H2,(H2,32,34)(H,33,35)/t28-/m1/s1. The molecule has 0 heterocycles. The molecule has 0 saturated heterocycles. The lowest BCUT2D eigenvalue weighted by Crippen LogP contribution is -2.53. The average molecular weight is 463 g/mol. The Hall–Kier alpha value is -4.18. The summed E-state index contributed by atoms with van der Waals surface area (Å²) in [6.45, 7) is 0. The number of nitrogens with one attached hydrogen (secondary N) is 1. The van der Waals surface area contributed by atoms with E-state index in [1.807, 2.05) is 109 Å². The Morgan fingerprint density at radius 1 is 0.657 bits per heavy atom. The Labute approximate surface area is 206 Å². The van der Waals surface area contributed by atoms with E-state index in [-0.39, 0.29) is 5.91 Å². The summed E-state index contributed by atoms with van der Waals surface area (Å²) in [6, 6.07) is 38.4. The number of primary amides is 1.